The lowest BCUT2D eigenvalue weighted by Crippen LogP contribution is -2.47. The molecule has 0 bridgehead atoms. The maximum absolute atomic E-state index is 12.6. The van der Waals surface area contributed by atoms with E-state index in [1.807, 2.05) is 44.2 Å². The molecule has 2 N–H and O–H groups in total. The van der Waals surface area contributed by atoms with Crippen molar-refractivity contribution in [1.82, 2.24) is 5.32 Å². The van der Waals surface area contributed by atoms with Crippen molar-refractivity contribution < 1.29 is 14.7 Å². The highest BCUT2D eigenvalue weighted by Crippen LogP contribution is 2.27. The first-order valence-corrected chi connectivity index (χ1v) is 7.46. The molecule has 0 saturated carbocycles. The molecule has 0 radical (unpaired) electrons. The van der Waals surface area contributed by atoms with Gasteiger partial charge >= 0.3 is 5.97 Å². The first-order chi connectivity index (χ1) is 9.88. The number of benzene rings is 1. The molecule has 0 aromatic heterocycles. The maximum atomic E-state index is 12.6. The average molecular weight is 291 g/mol. The van der Waals surface area contributed by atoms with E-state index in [1.165, 1.54) is 0 Å². The number of aliphatic carboxylic acids is 1. The maximum Gasteiger partial charge on any atom is 0.326 e. The number of nitrogens with one attached hydrogen (secondary N) is 1. The normalized spacial score (nSPS) is 15.3. The van der Waals surface area contributed by atoms with Gasteiger partial charge in [0.05, 0.1) is 5.92 Å². The highest BCUT2D eigenvalue weighted by molar-refractivity contribution is 5.88. The van der Waals surface area contributed by atoms with Crippen molar-refractivity contribution in [2.24, 2.45) is 11.8 Å². The van der Waals surface area contributed by atoms with Crippen LogP contribution in [0.5, 0.6) is 0 Å². The van der Waals surface area contributed by atoms with Crippen LogP contribution < -0.4 is 5.32 Å². The number of hydrogen-bond donors (Lipinski definition) is 2. The molecule has 1 aromatic carbocycles. The summed E-state index contributed by atoms with van der Waals surface area (Å²) >= 11 is 0. The van der Waals surface area contributed by atoms with Gasteiger partial charge in [-0.3, -0.25) is 4.79 Å². The number of rotatable bonds is 7. The second kappa shape index (κ2) is 7.81. The Morgan fingerprint density at radius 1 is 1.14 bits per heavy atom. The molecule has 1 aromatic rings. The summed E-state index contributed by atoms with van der Waals surface area (Å²) in [6.45, 7) is 7.63. The molecule has 3 atom stereocenters. The number of amides is 1. The monoisotopic (exact) mass is 291 g/mol. The quantitative estimate of drug-likeness (QED) is 0.811. The Bertz CT molecular complexity index is 470. The van der Waals surface area contributed by atoms with Crippen LogP contribution in [0.15, 0.2) is 30.3 Å². The molecule has 0 heterocycles. The number of carbonyl (C=O) groups excluding carboxylic acids is 1. The third-order valence-corrected chi connectivity index (χ3v) is 3.88. The molecule has 0 fully saturated rings. The first-order valence-electron chi connectivity index (χ1n) is 7.46. The van der Waals surface area contributed by atoms with E-state index in [2.05, 4.69) is 5.32 Å². The fraction of sp³-hybridized carbons (Fsp3) is 0.529. The molecule has 1 rings (SSSR count). The van der Waals surface area contributed by atoms with Crippen molar-refractivity contribution in [1.29, 1.82) is 0 Å². The van der Waals surface area contributed by atoms with Crippen molar-refractivity contribution in [2.75, 3.05) is 0 Å². The molecule has 21 heavy (non-hydrogen) atoms. The Kier molecular flexibility index (Phi) is 6.40. The van der Waals surface area contributed by atoms with Gasteiger partial charge in [-0.2, -0.15) is 0 Å². The van der Waals surface area contributed by atoms with Gasteiger partial charge in [-0.05, 0) is 17.4 Å². The molecular formula is C17H25NO3. The standard InChI is InChI=1S/C17H25NO3/c1-5-12(4)14(13-9-7-6-8-10-13)16(19)18-15(11(2)3)17(20)21/h6-12,14-15H,5H2,1-4H3,(H,18,19)(H,20,21). The predicted molar refractivity (Wildman–Crippen MR) is 83.0 cm³/mol. The number of carbonyl (C=O) groups is 2. The Balaban J connectivity index is 2.99. The van der Waals surface area contributed by atoms with E-state index in [9.17, 15) is 14.7 Å². The summed E-state index contributed by atoms with van der Waals surface area (Å²) < 4.78 is 0. The SMILES string of the molecule is CCC(C)C(C(=O)NC(C(=O)O)C(C)C)c1ccccc1. The van der Waals surface area contributed by atoms with E-state index in [0.29, 0.717) is 0 Å². The summed E-state index contributed by atoms with van der Waals surface area (Å²) in [6.07, 6.45) is 0.854. The van der Waals surface area contributed by atoms with Gasteiger partial charge in [-0.1, -0.05) is 64.4 Å². The van der Waals surface area contributed by atoms with Crippen LogP contribution in [-0.4, -0.2) is 23.0 Å². The summed E-state index contributed by atoms with van der Waals surface area (Å²) in [4.78, 5) is 23.8. The molecule has 0 aliphatic carbocycles. The van der Waals surface area contributed by atoms with Gasteiger partial charge in [0, 0.05) is 0 Å². The van der Waals surface area contributed by atoms with E-state index in [1.54, 1.807) is 13.8 Å². The zero-order valence-corrected chi connectivity index (χ0v) is 13.2. The van der Waals surface area contributed by atoms with Gasteiger partial charge in [0.25, 0.3) is 0 Å². The van der Waals surface area contributed by atoms with Crippen LogP contribution in [0.1, 0.15) is 45.6 Å². The lowest BCUT2D eigenvalue weighted by molar-refractivity contribution is -0.143. The minimum absolute atomic E-state index is 0.147. The second-order valence-corrected chi connectivity index (χ2v) is 5.84. The third-order valence-electron chi connectivity index (χ3n) is 3.88. The van der Waals surface area contributed by atoms with Crippen LogP contribution in [0.4, 0.5) is 0 Å². The number of hydrogen-bond acceptors (Lipinski definition) is 2. The highest BCUT2D eigenvalue weighted by Gasteiger charge is 2.30. The van der Waals surface area contributed by atoms with Gasteiger partial charge in [0.15, 0.2) is 0 Å². The van der Waals surface area contributed by atoms with Crippen LogP contribution in [0, 0.1) is 11.8 Å². The molecule has 1 amide bonds. The van der Waals surface area contributed by atoms with E-state index < -0.39 is 12.0 Å². The van der Waals surface area contributed by atoms with Crippen molar-refractivity contribution in [3.63, 3.8) is 0 Å². The highest BCUT2D eigenvalue weighted by atomic mass is 16.4. The zero-order valence-electron chi connectivity index (χ0n) is 13.2. The average Bonchev–Trinajstić information content (AvgIpc) is 2.45. The fourth-order valence-corrected chi connectivity index (χ4v) is 2.39. The minimum atomic E-state index is -0.991. The topological polar surface area (TPSA) is 66.4 Å². The summed E-state index contributed by atoms with van der Waals surface area (Å²) in [5, 5.41) is 11.9. The Labute approximate surface area is 126 Å². The summed E-state index contributed by atoms with van der Waals surface area (Å²) in [5.74, 6) is -1.53. The lowest BCUT2D eigenvalue weighted by atomic mass is 9.84. The van der Waals surface area contributed by atoms with E-state index in [4.69, 9.17) is 0 Å². The fourth-order valence-electron chi connectivity index (χ4n) is 2.39. The van der Waals surface area contributed by atoms with Crippen molar-refractivity contribution in [3.05, 3.63) is 35.9 Å². The van der Waals surface area contributed by atoms with E-state index in [0.717, 1.165) is 12.0 Å². The smallest absolute Gasteiger partial charge is 0.326 e. The molecule has 0 aliphatic rings. The third kappa shape index (κ3) is 4.59. The zero-order chi connectivity index (χ0) is 16.0. The molecule has 116 valence electrons. The molecular weight excluding hydrogens is 266 g/mol. The van der Waals surface area contributed by atoms with Gasteiger partial charge in [0.1, 0.15) is 6.04 Å². The number of carboxylic acids is 1. The molecule has 4 nitrogen and oxygen atoms in total. The van der Waals surface area contributed by atoms with Gasteiger partial charge in [-0.15, -0.1) is 0 Å². The summed E-state index contributed by atoms with van der Waals surface area (Å²) in [5.41, 5.74) is 0.928. The Hall–Kier alpha value is -1.84. The molecule has 0 spiro atoms. The number of carboxylic acid groups (broad SMARTS) is 1. The Morgan fingerprint density at radius 3 is 2.14 bits per heavy atom. The van der Waals surface area contributed by atoms with E-state index >= 15 is 0 Å². The predicted octanol–water partition coefficient (Wildman–Crippen LogP) is 3.04. The molecule has 0 saturated heterocycles. The summed E-state index contributed by atoms with van der Waals surface area (Å²) in [7, 11) is 0. The largest absolute Gasteiger partial charge is 0.480 e. The van der Waals surface area contributed by atoms with Crippen LogP contribution in [0.3, 0.4) is 0 Å². The van der Waals surface area contributed by atoms with Gasteiger partial charge < -0.3 is 10.4 Å². The van der Waals surface area contributed by atoms with Crippen molar-refractivity contribution >= 4 is 11.9 Å². The van der Waals surface area contributed by atoms with Crippen LogP contribution in [0.25, 0.3) is 0 Å². The first kappa shape index (κ1) is 17.2. The Morgan fingerprint density at radius 2 is 1.71 bits per heavy atom. The second-order valence-electron chi connectivity index (χ2n) is 5.84. The van der Waals surface area contributed by atoms with Crippen LogP contribution in [-0.2, 0) is 9.59 Å². The molecule has 4 heteroatoms. The molecule has 0 aliphatic heterocycles. The summed E-state index contributed by atoms with van der Waals surface area (Å²) in [6, 6.07) is 8.68. The van der Waals surface area contributed by atoms with Crippen molar-refractivity contribution in [2.45, 2.75) is 46.1 Å². The minimum Gasteiger partial charge on any atom is -0.480 e. The van der Waals surface area contributed by atoms with E-state index in [-0.39, 0.29) is 23.7 Å². The van der Waals surface area contributed by atoms with Crippen molar-refractivity contribution in [3.8, 4) is 0 Å². The van der Waals surface area contributed by atoms with Gasteiger partial charge in [-0.25, -0.2) is 4.79 Å². The van der Waals surface area contributed by atoms with Crippen LogP contribution in [0.2, 0.25) is 0 Å². The van der Waals surface area contributed by atoms with Crippen LogP contribution >= 0.6 is 0 Å². The van der Waals surface area contributed by atoms with Gasteiger partial charge in [0.2, 0.25) is 5.91 Å². The lowest BCUT2D eigenvalue weighted by Gasteiger charge is -2.26. The molecule has 3 unspecified atom stereocenters.